The van der Waals surface area contributed by atoms with E-state index in [-0.39, 0.29) is 5.41 Å². The van der Waals surface area contributed by atoms with E-state index in [2.05, 4.69) is 111 Å². The smallest absolute Gasteiger partial charge is 0.0689 e. The minimum absolute atomic E-state index is 0.182. The number of hydrogen-bond acceptors (Lipinski definition) is 0. The van der Waals surface area contributed by atoms with E-state index in [0.717, 1.165) is 10.9 Å². The highest BCUT2D eigenvalue weighted by atomic mass is 79.9. The Morgan fingerprint density at radius 2 is 1.44 bits per heavy atom. The van der Waals surface area contributed by atoms with Gasteiger partial charge in [-0.25, -0.2) is 0 Å². The van der Waals surface area contributed by atoms with Crippen LogP contribution in [0.15, 0.2) is 88.9 Å². The second-order valence-corrected chi connectivity index (χ2v) is 9.59. The molecular weight excluding hydrogens is 460 g/mol. The van der Waals surface area contributed by atoms with Gasteiger partial charge in [0.1, 0.15) is 0 Å². The first kappa shape index (κ1) is 16.1. The Labute approximate surface area is 175 Å². The average Bonchev–Trinajstić information content (AvgIpc) is 3.14. The molecule has 0 fully saturated rings. The highest BCUT2D eigenvalue weighted by Gasteiger charge is 2.52. The molecule has 130 valence electrons. The van der Waals surface area contributed by atoms with Crippen molar-refractivity contribution in [1.82, 2.24) is 0 Å². The number of benzene rings is 3. The molecule has 3 aromatic carbocycles. The zero-order valence-corrected chi connectivity index (χ0v) is 17.7. The van der Waals surface area contributed by atoms with Gasteiger partial charge in [0.05, 0.1) is 5.41 Å². The fraction of sp³-hybridized carbons (Fsp3) is 0.120. The first-order valence-electron chi connectivity index (χ1n) is 9.27. The standard InChI is InChI=1S/C25H16Br2/c26-15-9-11-19-20-12-10-16(27)14-24(20)25(23(19)13-15)21-7-3-1-5-17(21)18-6-2-4-8-22(18)25/h1-13,16H,14H2. The van der Waals surface area contributed by atoms with Crippen LogP contribution in [-0.4, -0.2) is 4.83 Å². The quantitative estimate of drug-likeness (QED) is 0.300. The molecule has 2 heteroatoms. The van der Waals surface area contributed by atoms with Crippen molar-refractivity contribution in [2.75, 3.05) is 0 Å². The van der Waals surface area contributed by atoms with Crippen LogP contribution >= 0.6 is 31.9 Å². The summed E-state index contributed by atoms with van der Waals surface area (Å²) in [6, 6.07) is 24.7. The molecular formula is C25H16Br2. The minimum Gasteiger partial charge on any atom is -0.0842 e. The molecule has 1 unspecified atom stereocenters. The van der Waals surface area contributed by atoms with E-state index in [4.69, 9.17) is 0 Å². The predicted octanol–water partition coefficient (Wildman–Crippen LogP) is 7.25. The summed E-state index contributed by atoms with van der Waals surface area (Å²) in [7, 11) is 0. The fourth-order valence-corrected chi connectivity index (χ4v) is 6.19. The van der Waals surface area contributed by atoms with E-state index in [1.165, 1.54) is 44.5 Å². The molecule has 6 rings (SSSR count). The zero-order chi connectivity index (χ0) is 18.2. The lowest BCUT2D eigenvalue weighted by molar-refractivity contribution is 0.719. The second-order valence-electron chi connectivity index (χ2n) is 7.50. The fourth-order valence-electron chi connectivity index (χ4n) is 5.36. The zero-order valence-electron chi connectivity index (χ0n) is 14.5. The topological polar surface area (TPSA) is 0 Å². The Balaban J connectivity index is 1.82. The maximum Gasteiger partial charge on any atom is 0.0689 e. The van der Waals surface area contributed by atoms with Gasteiger partial charge in [0.2, 0.25) is 0 Å². The molecule has 1 atom stereocenters. The molecule has 0 radical (unpaired) electrons. The van der Waals surface area contributed by atoms with Gasteiger partial charge in [0, 0.05) is 9.30 Å². The third-order valence-electron chi connectivity index (χ3n) is 6.28. The van der Waals surface area contributed by atoms with Crippen molar-refractivity contribution < 1.29 is 0 Å². The van der Waals surface area contributed by atoms with E-state index in [1.807, 2.05) is 0 Å². The first-order valence-corrected chi connectivity index (χ1v) is 11.0. The van der Waals surface area contributed by atoms with Gasteiger partial charge >= 0.3 is 0 Å². The van der Waals surface area contributed by atoms with E-state index in [1.54, 1.807) is 0 Å². The molecule has 3 aliphatic carbocycles. The monoisotopic (exact) mass is 474 g/mol. The summed E-state index contributed by atoms with van der Waals surface area (Å²) in [5, 5.41) is 0. The second kappa shape index (κ2) is 5.56. The third-order valence-corrected chi connectivity index (χ3v) is 7.40. The van der Waals surface area contributed by atoms with Crippen molar-refractivity contribution >= 4 is 37.4 Å². The number of alkyl halides is 1. The van der Waals surface area contributed by atoms with Crippen LogP contribution in [-0.2, 0) is 5.41 Å². The van der Waals surface area contributed by atoms with Crippen molar-refractivity contribution in [3.63, 3.8) is 0 Å². The van der Waals surface area contributed by atoms with Gasteiger partial charge < -0.3 is 0 Å². The van der Waals surface area contributed by atoms with Gasteiger partial charge in [-0.05, 0) is 63.1 Å². The molecule has 1 spiro atoms. The summed E-state index contributed by atoms with van der Waals surface area (Å²) in [4.78, 5) is 0.380. The van der Waals surface area contributed by atoms with Gasteiger partial charge in [-0.3, -0.25) is 0 Å². The maximum absolute atomic E-state index is 3.86. The van der Waals surface area contributed by atoms with Gasteiger partial charge in [-0.2, -0.15) is 0 Å². The van der Waals surface area contributed by atoms with Crippen LogP contribution in [0.2, 0.25) is 0 Å². The SMILES string of the molecule is Brc1ccc2c(c1)C1(C3=C2C=CC(Br)C3)c2ccccc2-c2ccccc21. The van der Waals surface area contributed by atoms with Crippen LogP contribution in [0.4, 0.5) is 0 Å². The van der Waals surface area contributed by atoms with Crippen LogP contribution < -0.4 is 0 Å². The number of fused-ring (bicyclic) bond motifs is 9. The van der Waals surface area contributed by atoms with Crippen molar-refractivity contribution in [1.29, 1.82) is 0 Å². The molecule has 0 saturated carbocycles. The van der Waals surface area contributed by atoms with Crippen LogP contribution in [0.1, 0.15) is 28.7 Å². The lowest BCUT2D eigenvalue weighted by Gasteiger charge is -2.34. The summed E-state index contributed by atoms with van der Waals surface area (Å²) in [6.07, 6.45) is 5.64. The van der Waals surface area contributed by atoms with Crippen LogP contribution in [0.25, 0.3) is 16.7 Å². The number of halogens is 2. The van der Waals surface area contributed by atoms with E-state index < -0.39 is 0 Å². The molecule has 0 N–H and O–H groups in total. The van der Waals surface area contributed by atoms with E-state index >= 15 is 0 Å². The largest absolute Gasteiger partial charge is 0.0842 e. The predicted molar refractivity (Wildman–Crippen MR) is 119 cm³/mol. The first-order chi connectivity index (χ1) is 13.2. The van der Waals surface area contributed by atoms with Crippen molar-refractivity contribution in [3.8, 4) is 11.1 Å². The van der Waals surface area contributed by atoms with Crippen LogP contribution in [0, 0.1) is 0 Å². The molecule has 0 aliphatic heterocycles. The molecule has 0 saturated heterocycles. The minimum atomic E-state index is -0.182. The van der Waals surface area contributed by atoms with Gasteiger partial charge in [-0.15, -0.1) is 0 Å². The highest BCUT2D eigenvalue weighted by Crippen LogP contribution is 2.63. The van der Waals surface area contributed by atoms with Crippen molar-refractivity contribution in [2.45, 2.75) is 16.7 Å². The molecule has 0 amide bonds. The van der Waals surface area contributed by atoms with Crippen LogP contribution in [0.3, 0.4) is 0 Å². The van der Waals surface area contributed by atoms with E-state index in [0.29, 0.717) is 4.83 Å². The molecule has 3 aliphatic rings. The van der Waals surface area contributed by atoms with E-state index in [9.17, 15) is 0 Å². The summed E-state index contributed by atoms with van der Waals surface area (Å²) < 4.78 is 1.14. The summed E-state index contributed by atoms with van der Waals surface area (Å²) >= 11 is 7.60. The lowest BCUT2D eigenvalue weighted by Crippen LogP contribution is -2.29. The van der Waals surface area contributed by atoms with Gasteiger partial charge in [-0.1, -0.05) is 98.6 Å². The Kier molecular flexibility index (Phi) is 3.31. The number of hydrogen-bond donors (Lipinski definition) is 0. The summed E-state index contributed by atoms with van der Waals surface area (Å²) in [5.41, 5.74) is 11.1. The number of allylic oxidation sites excluding steroid dienone is 4. The van der Waals surface area contributed by atoms with Gasteiger partial charge in [0.25, 0.3) is 0 Å². The Hall–Kier alpha value is -1.90. The van der Waals surface area contributed by atoms with Crippen LogP contribution in [0.5, 0.6) is 0 Å². The molecule has 0 bridgehead atoms. The van der Waals surface area contributed by atoms with Gasteiger partial charge in [0.15, 0.2) is 0 Å². The van der Waals surface area contributed by atoms with Crippen molar-refractivity contribution in [2.24, 2.45) is 0 Å². The third kappa shape index (κ3) is 1.93. The highest BCUT2D eigenvalue weighted by molar-refractivity contribution is 9.10. The molecule has 0 nitrogen and oxygen atoms in total. The molecule has 27 heavy (non-hydrogen) atoms. The average molecular weight is 476 g/mol. The summed E-state index contributed by atoms with van der Waals surface area (Å²) in [6.45, 7) is 0. The Bertz CT molecular complexity index is 1140. The summed E-state index contributed by atoms with van der Waals surface area (Å²) in [5.74, 6) is 0. The van der Waals surface area contributed by atoms with Crippen molar-refractivity contribution in [3.05, 3.63) is 111 Å². The normalized spacial score (nSPS) is 20.4. The molecule has 0 heterocycles. The number of rotatable bonds is 0. The molecule has 0 aromatic heterocycles. The molecule has 3 aromatic rings. The lowest BCUT2D eigenvalue weighted by atomic mass is 9.68. The Morgan fingerprint density at radius 1 is 0.778 bits per heavy atom. The Morgan fingerprint density at radius 3 is 2.15 bits per heavy atom. The maximum atomic E-state index is 3.86.